The van der Waals surface area contributed by atoms with Crippen molar-refractivity contribution in [2.45, 2.75) is 65.1 Å². The first-order chi connectivity index (χ1) is 10.6. The highest BCUT2D eigenvalue weighted by Gasteiger charge is 2.41. The summed E-state index contributed by atoms with van der Waals surface area (Å²) in [7, 11) is -1.88. The maximum absolute atomic E-state index is 11.6. The highest BCUT2D eigenvalue weighted by Crippen LogP contribution is 2.41. The van der Waals surface area contributed by atoms with Gasteiger partial charge in [-0.05, 0) is 51.1 Å². The fraction of sp³-hybridized carbons (Fsp3) is 0.526. The summed E-state index contributed by atoms with van der Waals surface area (Å²) in [6.07, 6.45) is 0. The molecule has 0 saturated carbocycles. The second-order valence-electron chi connectivity index (χ2n) is 7.07. The van der Waals surface area contributed by atoms with Gasteiger partial charge in [0.15, 0.2) is 0 Å². The first kappa shape index (κ1) is 20.0. The number of hydrogen-bond donors (Lipinski definition) is 1. The Hall–Kier alpha value is -1.05. The number of hydrogen-bond acceptors (Lipinski definition) is 1. The Morgan fingerprint density at radius 3 is 1.96 bits per heavy atom. The van der Waals surface area contributed by atoms with E-state index in [0.717, 1.165) is 10.0 Å². The summed E-state index contributed by atoms with van der Waals surface area (Å²) in [6.45, 7) is 15.3. The fourth-order valence-corrected chi connectivity index (χ4v) is 9.32. The summed E-state index contributed by atoms with van der Waals surface area (Å²) in [5, 5.41) is 9.55. The molecule has 1 aromatic carbocycles. The van der Waals surface area contributed by atoms with Crippen molar-refractivity contribution < 1.29 is 9.90 Å². The summed E-state index contributed by atoms with van der Waals surface area (Å²) in [6, 6.07) is 3.70. The van der Waals surface area contributed by atoms with Crippen LogP contribution in [-0.4, -0.2) is 19.1 Å². The highest BCUT2D eigenvalue weighted by atomic mass is 79.9. The molecule has 4 heteroatoms. The first-order valence-corrected chi connectivity index (χ1v) is 11.1. The molecule has 1 N–H and O–H groups in total. The molecule has 0 spiro atoms. The maximum atomic E-state index is 11.6. The van der Waals surface area contributed by atoms with Crippen LogP contribution in [0.5, 0.6) is 0 Å². The molecule has 1 aromatic rings. The molecule has 126 valence electrons. The second kappa shape index (κ2) is 7.68. The second-order valence-corrected chi connectivity index (χ2v) is 13.5. The third-order valence-corrected chi connectivity index (χ3v) is 11.8. The summed E-state index contributed by atoms with van der Waals surface area (Å²) in [5.74, 6) is 2.36. The van der Waals surface area contributed by atoms with Crippen molar-refractivity contribution in [2.24, 2.45) is 0 Å². The fourth-order valence-electron chi connectivity index (χ4n) is 3.68. The molecule has 0 atom stereocenters. The van der Waals surface area contributed by atoms with Gasteiger partial charge in [-0.25, -0.2) is 4.79 Å². The minimum absolute atomic E-state index is 0.311. The molecule has 0 aliphatic rings. The zero-order valence-corrected chi connectivity index (χ0v) is 17.7. The Balaban J connectivity index is 3.62. The van der Waals surface area contributed by atoms with Gasteiger partial charge < -0.3 is 5.11 Å². The standard InChI is InChI=1S/C19H27BrO2Si/c1-12(2)23(13(3)4,14(5)6)11-10-16-17(20)9-8-15(7)18(16)19(21)22/h8-9,12-14H,1-7H3,(H,21,22). The predicted molar refractivity (Wildman–Crippen MR) is 104 cm³/mol. The van der Waals surface area contributed by atoms with Crippen LogP contribution in [-0.2, 0) is 0 Å². The molecule has 0 aliphatic heterocycles. The lowest BCUT2D eigenvalue weighted by atomic mass is 10.0. The van der Waals surface area contributed by atoms with Crippen LogP contribution in [0.2, 0.25) is 16.6 Å². The zero-order chi connectivity index (χ0) is 17.9. The van der Waals surface area contributed by atoms with Gasteiger partial charge in [0.1, 0.15) is 8.07 Å². The van der Waals surface area contributed by atoms with Crippen LogP contribution < -0.4 is 0 Å². The first-order valence-electron chi connectivity index (χ1n) is 8.11. The van der Waals surface area contributed by atoms with Crippen molar-refractivity contribution in [2.75, 3.05) is 0 Å². The molecular weight excluding hydrogens is 368 g/mol. The number of rotatable bonds is 4. The van der Waals surface area contributed by atoms with Gasteiger partial charge in [0.25, 0.3) is 0 Å². The van der Waals surface area contributed by atoms with E-state index in [0.29, 0.717) is 27.8 Å². The number of halogens is 1. The van der Waals surface area contributed by atoms with E-state index in [4.69, 9.17) is 0 Å². The third kappa shape index (κ3) is 3.89. The lowest BCUT2D eigenvalue weighted by Crippen LogP contribution is -2.43. The van der Waals surface area contributed by atoms with Crippen molar-refractivity contribution in [3.63, 3.8) is 0 Å². The minimum Gasteiger partial charge on any atom is -0.478 e. The van der Waals surface area contributed by atoms with Crippen molar-refractivity contribution in [3.8, 4) is 11.5 Å². The third-order valence-electron chi connectivity index (χ3n) is 4.85. The van der Waals surface area contributed by atoms with Crippen LogP contribution >= 0.6 is 15.9 Å². The zero-order valence-electron chi connectivity index (χ0n) is 15.1. The molecule has 2 nitrogen and oxygen atoms in total. The molecule has 23 heavy (non-hydrogen) atoms. The largest absolute Gasteiger partial charge is 0.478 e. The van der Waals surface area contributed by atoms with Gasteiger partial charge in [-0.1, -0.05) is 53.5 Å². The highest BCUT2D eigenvalue weighted by molar-refractivity contribution is 9.10. The lowest BCUT2D eigenvalue weighted by molar-refractivity contribution is 0.0695. The SMILES string of the molecule is Cc1ccc(Br)c(C#C[Si](C(C)C)(C(C)C)C(C)C)c1C(=O)O. The number of aromatic carboxylic acids is 1. The van der Waals surface area contributed by atoms with E-state index in [1.54, 1.807) is 0 Å². The van der Waals surface area contributed by atoms with Crippen molar-refractivity contribution in [1.29, 1.82) is 0 Å². The van der Waals surface area contributed by atoms with Crippen LogP contribution in [0.15, 0.2) is 16.6 Å². The van der Waals surface area contributed by atoms with Crippen LogP contribution in [0.25, 0.3) is 0 Å². The number of carboxylic acid groups (broad SMARTS) is 1. The van der Waals surface area contributed by atoms with Crippen LogP contribution in [0.1, 0.15) is 63.0 Å². The van der Waals surface area contributed by atoms with E-state index in [9.17, 15) is 9.90 Å². The Morgan fingerprint density at radius 1 is 1.09 bits per heavy atom. The van der Waals surface area contributed by atoms with Gasteiger partial charge in [0.2, 0.25) is 0 Å². The molecule has 0 aromatic heterocycles. The van der Waals surface area contributed by atoms with Gasteiger partial charge in [-0.15, -0.1) is 5.54 Å². The number of aryl methyl sites for hydroxylation is 1. The molecule has 0 amide bonds. The Labute approximate surface area is 149 Å². The lowest BCUT2D eigenvalue weighted by Gasteiger charge is -2.38. The van der Waals surface area contributed by atoms with Crippen molar-refractivity contribution in [3.05, 3.63) is 33.3 Å². The van der Waals surface area contributed by atoms with E-state index in [1.165, 1.54) is 0 Å². The molecular formula is C19H27BrO2Si. The molecule has 1 rings (SSSR count). The molecule has 0 heterocycles. The molecule has 0 bridgehead atoms. The normalized spacial score (nSPS) is 11.8. The van der Waals surface area contributed by atoms with Crippen molar-refractivity contribution in [1.82, 2.24) is 0 Å². The topological polar surface area (TPSA) is 37.3 Å². The summed E-state index contributed by atoms with van der Waals surface area (Å²) < 4.78 is 0.757. The van der Waals surface area contributed by atoms with Gasteiger partial charge in [0.05, 0.1) is 11.1 Å². The molecule has 0 unspecified atom stereocenters. The Morgan fingerprint density at radius 2 is 1.57 bits per heavy atom. The average molecular weight is 395 g/mol. The maximum Gasteiger partial charge on any atom is 0.337 e. The van der Waals surface area contributed by atoms with Crippen LogP contribution in [0.4, 0.5) is 0 Å². The molecule has 0 fully saturated rings. The summed E-state index contributed by atoms with van der Waals surface area (Å²) >= 11 is 3.48. The van der Waals surface area contributed by atoms with E-state index in [1.807, 2.05) is 19.1 Å². The van der Waals surface area contributed by atoms with Gasteiger partial charge >= 0.3 is 5.97 Å². The van der Waals surface area contributed by atoms with Gasteiger partial charge in [0, 0.05) is 4.47 Å². The Kier molecular flexibility index (Phi) is 6.67. The minimum atomic E-state index is -1.88. The van der Waals surface area contributed by atoms with E-state index >= 15 is 0 Å². The molecule has 0 saturated heterocycles. The van der Waals surface area contributed by atoms with Gasteiger partial charge in [-0.3, -0.25) is 0 Å². The Bertz CT molecular complexity index is 630. The smallest absolute Gasteiger partial charge is 0.337 e. The predicted octanol–water partition coefficient (Wildman–Crippen LogP) is 6.03. The number of carboxylic acids is 1. The van der Waals surface area contributed by atoms with Crippen LogP contribution in [0.3, 0.4) is 0 Å². The molecule has 0 aliphatic carbocycles. The molecule has 0 radical (unpaired) electrons. The summed E-state index contributed by atoms with van der Waals surface area (Å²) in [5.41, 5.74) is 6.83. The number of carbonyl (C=O) groups is 1. The average Bonchev–Trinajstić information content (AvgIpc) is 2.41. The van der Waals surface area contributed by atoms with Crippen LogP contribution in [0, 0.1) is 18.4 Å². The van der Waals surface area contributed by atoms with Gasteiger partial charge in [-0.2, -0.15) is 0 Å². The number of benzene rings is 1. The monoisotopic (exact) mass is 394 g/mol. The van der Waals surface area contributed by atoms with E-state index in [-0.39, 0.29) is 0 Å². The quantitative estimate of drug-likeness (QED) is 0.500. The summed E-state index contributed by atoms with van der Waals surface area (Å²) in [4.78, 5) is 11.6. The van der Waals surface area contributed by atoms with E-state index < -0.39 is 14.0 Å². The van der Waals surface area contributed by atoms with E-state index in [2.05, 4.69) is 68.9 Å². The van der Waals surface area contributed by atoms with Crippen molar-refractivity contribution >= 4 is 30.0 Å².